The van der Waals surface area contributed by atoms with Crippen LogP contribution >= 0.6 is 15.9 Å². The summed E-state index contributed by atoms with van der Waals surface area (Å²) < 4.78 is 0. The normalized spacial score (nSPS) is 40.4. The molecule has 1 unspecified atom stereocenters. The van der Waals surface area contributed by atoms with Gasteiger partial charge < -0.3 is 5.11 Å². The Labute approximate surface area is 224 Å². The zero-order valence-corrected chi connectivity index (χ0v) is 24.9. The standard InChI is InChI=1S/C32H53BrO2/c1-21(2)8-6-9-22(3)27-13-14-28-26-12-11-24-20-23(25(30(34)35)10-7-19-33)15-17-31(24,4)29(26)16-18-32(27,28)5/h11,21-23,25-29H,6-10,12-20H2,1-5H3,(H,34,35)/t22-,23+,25?,26+,27-,28+,29+,31+,32-/m1/s1. The van der Waals surface area contributed by atoms with Crippen molar-refractivity contribution in [3.05, 3.63) is 11.6 Å². The van der Waals surface area contributed by atoms with Gasteiger partial charge in [-0.25, -0.2) is 0 Å². The van der Waals surface area contributed by atoms with E-state index in [0.717, 1.165) is 66.5 Å². The van der Waals surface area contributed by atoms with E-state index in [1.54, 1.807) is 5.57 Å². The lowest BCUT2D eigenvalue weighted by Gasteiger charge is -2.59. The average Bonchev–Trinajstić information content (AvgIpc) is 3.16. The molecule has 0 heterocycles. The van der Waals surface area contributed by atoms with E-state index in [1.165, 1.54) is 57.8 Å². The fourth-order valence-corrected chi connectivity index (χ4v) is 10.2. The molecule has 0 aromatic heterocycles. The summed E-state index contributed by atoms with van der Waals surface area (Å²) in [5.74, 6) is 4.79. The minimum Gasteiger partial charge on any atom is -0.481 e. The molecule has 3 heteroatoms. The number of allylic oxidation sites excluding steroid dienone is 2. The molecule has 3 fully saturated rings. The molecule has 2 nitrogen and oxygen atoms in total. The summed E-state index contributed by atoms with van der Waals surface area (Å²) in [6.45, 7) is 12.6. The second-order valence-electron chi connectivity index (χ2n) is 14.1. The van der Waals surface area contributed by atoms with Gasteiger partial charge in [0.05, 0.1) is 5.92 Å². The fourth-order valence-electron chi connectivity index (χ4n) is 9.91. The fraction of sp³-hybridized carbons (Fsp3) is 0.906. The van der Waals surface area contributed by atoms with E-state index in [0.29, 0.717) is 16.7 Å². The van der Waals surface area contributed by atoms with Crippen molar-refractivity contribution in [1.82, 2.24) is 0 Å². The summed E-state index contributed by atoms with van der Waals surface area (Å²) in [7, 11) is 0. The highest BCUT2D eigenvalue weighted by Crippen LogP contribution is 2.67. The van der Waals surface area contributed by atoms with Gasteiger partial charge >= 0.3 is 5.97 Å². The minimum absolute atomic E-state index is 0.168. The lowest BCUT2D eigenvalue weighted by atomic mass is 9.46. The van der Waals surface area contributed by atoms with Crippen LogP contribution in [-0.2, 0) is 4.79 Å². The smallest absolute Gasteiger partial charge is 0.306 e. The Hall–Kier alpha value is -0.310. The van der Waals surface area contributed by atoms with Crippen LogP contribution in [0.5, 0.6) is 0 Å². The number of hydrogen-bond acceptors (Lipinski definition) is 1. The summed E-state index contributed by atoms with van der Waals surface area (Å²) >= 11 is 3.51. The van der Waals surface area contributed by atoms with Crippen LogP contribution in [0, 0.1) is 58.2 Å². The first-order valence-electron chi connectivity index (χ1n) is 15.1. The zero-order valence-electron chi connectivity index (χ0n) is 23.3. The lowest BCUT2D eigenvalue weighted by molar-refractivity contribution is -0.144. The van der Waals surface area contributed by atoms with Gasteiger partial charge in [-0.3, -0.25) is 4.79 Å². The van der Waals surface area contributed by atoms with Gasteiger partial charge in [-0.1, -0.05) is 81.5 Å². The van der Waals surface area contributed by atoms with Crippen LogP contribution in [0.2, 0.25) is 0 Å². The van der Waals surface area contributed by atoms with Crippen LogP contribution in [-0.4, -0.2) is 16.4 Å². The quantitative estimate of drug-likeness (QED) is 0.218. The second kappa shape index (κ2) is 11.2. The average molecular weight is 550 g/mol. The first kappa shape index (κ1) is 27.7. The number of carboxylic acids is 1. The van der Waals surface area contributed by atoms with E-state index in [1.807, 2.05) is 0 Å². The van der Waals surface area contributed by atoms with Gasteiger partial charge in [0.1, 0.15) is 0 Å². The molecule has 0 radical (unpaired) electrons. The first-order chi connectivity index (χ1) is 16.6. The third-order valence-electron chi connectivity index (χ3n) is 11.9. The van der Waals surface area contributed by atoms with Crippen LogP contribution in [0.3, 0.4) is 0 Å². The van der Waals surface area contributed by atoms with Gasteiger partial charge in [0.25, 0.3) is 0 Å². The predicted molar refractivity (Wildman–Crippen MR) is 151 cm³/mol. The highest BCUT2D eigenvalue weighted by molar-refractivity contribution is 9.09. The number of carboxylic acid groups (broad SMARTS) is 1. The van der Waals surface area contributed by atoms with E-state index in [4.69, 9.17) is 0 Å². The molecular weight excluding hydrogens is 496 g/mol. The molecule has 0 bridgehead atoms. The molecule has 3 saturated carbocycles. The summed E-state index contributed by atoms with van der Waals surface area (Å²) in [6, 6.07) is 0. The van der Waals surface area contributed by atoms with Gasteiger partial charge in [-0.05, 0) is 116 Å². The highest BCUT2D eigenvalue weighted by atomic mass is 79.9. The Morgan fingerprint density at radius 3 is 2.49 bits per heavy atom. The molecule has 0 aromatic rings. The van der Waals surface area contributed by atoms with Gasteiger partial charge in [-0.15, -0.1) is 0 Å². The number of rotatable bonds is 10. The molecule has 4 aliphatic carbocycles. The zero-order chi connectivity index (χ0) is 25.4. The van der Waals surface area contributed by atoms with Crippen molar-refractivity contribution in [2.24, 2.45) is 58.2 Å². The Morgan fingerprint density at radius 2 is 1.80 bits per heavy atom. The van der Waals surface area contributed by atoms with E-state index in [9.17, 15) is 9.90 Å². The first-order valence-corrected chi connectivity index (χ1v) is 16.2. The predicted octanol–water partition coefficient (Wildman–Crippen LogP) is 9.52. The highest BCUT2D eigenvalue weighted by Gasteiger charge is 2.59. The van der Waals surface area contributed by atoms with E-state index >= 15 is 0 Å². The Kier molecular flexibility index (Phi) is 8.87. The van der Waals surface area contributed by atoms with Gasteiger partial charge in [0.15, 0.2) is 0 Å². The molecule has 200 valence electrons. The number of hydrogen-bond donors (Lipinski definition) is 1. The minimum atomic E-state index is -0.568. The van der Waals surface area contributed by atoms with Crippen LogP contribution in [0.1, 0.15) is 118 Å². The monoisotopic (exact) mass is 548 g/mol. The molecule has 35 heavy (non-hydrogen) atoms. The number of fused-ring (bicyclic) bond motifs is 5. The third kappa shape index (κ3) is 5.33. The van der Waals surface area contributed by atoms with Gasteiger partial charge in [0, 0.05) is 5.33 Å². The van der Waals surface area contributed by atoms with Crippen molar-refractivity contribution in [1.29, 1.82) is 0 Å². The van der Waals surface area contributed by atoms with E-state index in [-0.39, 0.29) is 5.92 Å². The Morgan fingerprint density at radius 1 is 1.03 bits per heavy atom. The lowest BCUT2D eigenvalue weighted by Crippen LogP contribution is -2.51. The Bertz CT molecular complexity index is 774. The molecule has 0 amide bonds. The molecule has 1 N–H and O–H groups in total. The number of alkyl halides is 1. The van der Waals surface area contributed by atoms with Crippen LogP contribution in [0.4, 0.5) is 0 Å². The maximum Gasteiger partial charge on any atom is 0.306 e. The molecule has 4 rings (SSSR count). The second-order valence-corrected chi connectivity index (χ2v) is 14.9. The SMILES string of the molecule is CC(C)CCC[C@@H](C)[C@H]1CC[C@H]2[C@@H]3CC=C4C[C@@H](C(CCCBr)C(=O)O)CC[C@]4(C)[C@H]3CC[C@]12C. The molecule has 0 saturated heterocycles. The van der Waals surface area contributed by atoms with E-state index in [2.05, 4.69) is 56.6 Å². The van der Waals surface area contributed by atoms with Gasteiger partial charge in [-0.2, -0.15) is 0 Å². The molecular formula is C32H53BrO2. The summed E-state index contributed by atoms with van der Waals surface area (Å²) in [4.78, 5) is 12.1. The van der Waals surface area contributed by atoms with Crippen LogP contribution in [0.15, 0.2) is 11.6 Å². The molecule has 9 atom stereocenters. The van der Waals surface area contributed by atoms with Crippen molar-refractivity contribution in [3.8, 4) is 0 Å². The van der Waals surface area contributed by atoms with Crippen molar-refractivity contribution >= 4 is 21.9 Å². The number of halogens is 1. The van der Waals surface area contributed by atoms with Crippen LogP contribution < -0.4 is 0 Å². The molecule has 0 spiro atoms. The van der Waals surface area contributed by atoms with Crippen molar-refractivity contribution in [2.45, 2.75) is 118 Å². The summed E-state index contributed by atoms with van der Waals surface area (Å²) in [5.41, 5.74) is 2.50. The maximum absolute atomic E-state index is 12.1. The Balaban J connectivity index is 1.46. The van der Waals surface area contributed by atoms with Crippen molar-refractivity contribution < 1.29 is 9.90 Å². The topological polar surface area (TPSA) is 37.3 Å². The largest absolute Gasteiger partial charge is 0.481 e. The molecule has 4 aliphatic rings. The number of carbonyl (C=O) groups is 1. The molecule has 0 aromatic carbocycles. The summed E-state index contributed by atoms with van der Waals surface area (Å²) in [6.07, 6.45) is 19.0. The van der Waals surface area contributed by atoms with E-state index < -0.39 is 5.97 Å². The maximum atomic E-state index is 12.1. The van der Waals surface area contributed by atoms with Crippen molar-refractivity contribution in [3.63, 3.8) is 0 Å². The van der Waals surface area contributed by atoms with Gasteiger partial charge in [0.2, 0.25) is 0 Å². The number of aliphatic carboxylic acids is 1. The summed E-state index contributed by atoms with van der Waals surface area (Å²) in [5, 5.41) is 10.9. The van der Waals surface area contributed by atoms with Crippen LogP contribution in [0.25, 0.3) is 0 Å². The molecule has 0 aliphatic heterocycles. The van der Waals surface area contributed by atoms with Crippen molar-refractivity contribution in [2.75, 3.05) is 5.33 Å². The third-order valence-corrected chi connectivity index (χ3v) is 12.4.